The van der Waals surface area contributed by atoms with E-state index < -0.39 is 33.6 Å². The third-order valence-electron chi connectivity index (χ3n) is 2.16. The van der Waals surface area contributed by atoms with Crippen molar-refractivity contribution >= 4 is 17.4 Å². The van der Waals surface area contributed by atoms with Crippen LogP contribution in [0, 0.1) is 0 Å². The molecule has 0 fully saturated rings. The maximum atomic E-state index is 12.2. The highest BCUT2D eigenvalue weighted by Gasteiger charge is 2.34. The molecule has 0 aliphatic rings. The van der Waals surface area contributed by atoms with Gasteiger partial charge < -0.3 is 9.05 Å². The van der Waals surface area contributed by atoms with Crippen LogP contribution in [-0.2, 0) is 28.6 Å². The number of rotatable bonds is 7. The number of hydrogen-bond acceptors (Lipinski definition) is 5. The maximum Gasteiger partial charge on any atom is 0.346 e. The highest BCUT2D eigenvalue weighted by Crippen LogP contribution is 2.50. The van der Waals surface area contributed by atoms with Crippen molar-refractivity contribution in [3.63, 3.8) is 0 Å². The minimum atomic E-state index is -4.02. The second-order valence-electron chi connectivity index (χ2n) is 3.64. The SMILES string of the molecule is CCOP(=O)(CS(=O)(=O)c1ccccc1[O])OCC. The minimum Gasteiger partial charge on any atom is -0.308 e. The van der Waals surface area contributed by atoms with E-state index in [0.717, 1.165) is 6.07 Å². The van der Waals surface area contributed by atoms with Gasteiger partial charge in [0.15, 0.2) is 21.1 Å². The Kier molecular flexibility index (Phi) is 5.55. The smallest absolute Gasteiger partial charge is 0.308 e. The molecule has 0 atom stereocenters. The lowest BCUT2D eigenvalue weighted by molar-refractivity contribution is 0.224. The Bertz CT molecular complexity index is 558. The van der Waals surface area contributed by atoms with Crippen molar-refractivity contribution in [1.29, 1.82) is 0 Å². The largest absolute Gasteiger partial charge is 0.346 e. The quantitative estimate of drug-likeness (QED) is 0.722. The van der Waals surface area contributed by atoms with E-state index in [4.69, 9.17) is 9.05 Å². The molecule has 1 aromatic carbocycles. The molecule has 0 amide bonds. The molecule has 0 saturated heterocycles. The second kappa shape index (κ2) is 6.52. The lowest BCUT2D eigenvalue weighted by atomic mass is 10.3. The molecule has 8 heteroatoms. The van der Waals surface area contributed by atoms with Gasteiger partial charge in [-0.25, -0.2) is 8.42 Å². The van der Waals surface area contributed by atoms with Crippen LogP contribution in [0.5, 0.6) is 5.75 Å². The Hall–Kier alpha value is -0.880. The fourth-order valence-corrected chi connectivity index (χ4v) is 5.83. The molecule has 0 aliphatic heterocycles. The molecule has 0 N–H and O–H groups in total. The van der Waals surface area contributed by atoms with Crippen molar-refractivity contribution in [2.24, 2.45) is 0 Å². The molecular formula is C11H16O6PS. The molecule has 0 unspecified atom stereocenters. The van der Waals surface area contributed by atoms with Gasteiger partial charge in [0.25, 0.3) is 0 Å². The molecule has 1 rings (SSSR count). The normalized spacial score (nSPS) is 12.5. The molecule has 0 bridgehead atoms. The molecule has 0 heterocycles. The van der Waals surface area contributed by atoms with Crippen LogP contribution in [-0.4, -0.2) is 27.1 Å². The third kappa shape index (κ3) is 4.31. The van der Waals surface area contributed by atoms with E-state index in [0.29, 0.717) is 0 Å². The van der Waals surface area contributed by atoms with E-state index in [1.54, 1.807) is 13.8 Å². The van der Waals surface area contributed by atoms with Gasteiger partial charge in [0.2, 0.25) is 0 Å². The Balaban J connectivity index is 3.08. The van der Waals surface area contributed by atoms with Crippen molar-refractivity contribution in [3.05, 3.63) is 24.3 Å². The van der Waals surface area contributed by atoms with Gasteiger partial charge in [-0.3, -0.25) is 9.67 Å². The molecule has 0 aliphatic carbocycles. The fraction of sp³-hybridized carbons (Fsp3) is 0.455. The lowest BCUT2D eigenvalue weighted by Crippen LogP contribution is -2.11. The van der Waals surface area contributed by atoms with E-state index >= 15 is 0 Å². The van der Waals surface area contributed by atoms with Gasteiger partial charge in [-0.1, -0.05) is 12.1 Å². The Morgan fingerprint density at radius 2 is 1.63 bits per heavy atom. The number of hydrogen-bond donors (Lipinski definition) is 0. The zero-order valence-corrected chi connectivity index (χ0v) is 12.4. The first-order valence-electron chi connectivity index (χ1n) is 5.71. The van der Waals surface area contributed by atoms with E-state index in [2.05, 4.69) is 0 Å². The van der Waals surface area contributed by atoms with Crippen LogP contribution in [0.4, 0.5) is 0 Å². The van der Waals surface area contributed by atoms with E-state index in [-0.39, 0.29) is 13.2 Å². The Labute approximate surface area is 112 Å². The summed E-state index contributed by atoms with van der Waals surface area (Å²) in [6.07, 6.45) is 0. The molecule has 1 aromatic rings. The summed E-state index contributed by atoms with van der Waals surface area (Å²) in [5.41, 5.74) is -0.832. The predicted octanol–water partition coefficient (Wildman–Crippen LogP) is 2.83. The van der Waals surface area contributed by atoms with Crippen LogP contribution in [0.2, 0.25) is 0 Å². The van der Waals surface area contributed by atoms with Gasteiger partial charge >= 0.3 is 7.60 Å². The first kappa shape index (κ1) is 16.2. The summed E-state index contributed by atoms with van der Waals surface area (Å²) in [4.78, 5) is -0.394. The van der Waals surface area contributed by atoms with Gasteiger partial charge in [0.1, 0.15) is 4.90 Å². The van der Waals surface area contributed by atoms with Crippen LogP contribution in [0.3, 0.4) is 0 Å². The van der Waals surface area contributed by atoms with Crippen LogP contribution in [0.25, 0.3) is 0 Å². The van der Waals surface area contributed by atoms with Crippen molar-refractivity contribution < 1.29 is 27.1 Å². The van der Waals surface area contributed by atoms with E-state index in [1.807, 2.05) is 0 Å². The first-order chi connectivity index (χ1) is 8.84. The van der Waals surface area contributed by atoms with E-state index in [1.165, 1.54) is 18.2 Å². The van der Waals surface area contributed by atoms with Crippen molar-refractivity contribution in [3.8, 4) is 5.75 Å². The van der Waals surface area contributed by atoms with Crippen molar-refractivity contribution in [1.82, 2.24) is 0 Å². The second-order valence-corrected chi connectivity index (χ2v) is 8.08. The lowest BCUT2D eigenvalue weighted by Gasteiger charge is -2.16. The fourth-order valence-electron chi connectivity index (χ4n) is 1.49. The zero-order chi connectivity index (χ0) is 14.5. The summed E-state index contributed by atoms with van der Waals surface area (Å²) in [6.45, 7) is 3.29. The monoisotopic (exact) mass is 307 g/mol. The average molecular weight is 307 g/mol. The molecule has 107 valence electrons. The van der Waals surface area contributed by atoms with Crippen molar-refractivity contribution in [2.75, 3.05) is 18.7 Å². The number of sulfone groups is 1. The van der Waals surface area contributed by atoms with Crippen LogP contribution >= 0.6 is 7.60 Å². The third-order valence-corrected chi connectivity index (χ3v) is 7.10. The van der Waals surface area contributed by atoms with Gasteiger partial charge in [0.05, 0.1) is 13.2 Å². The van der Waals surface area contributed by atoms with Gasteiger partial charge in [-0.15, -0.1) is 0 Å². The summed E-state index contributed by atoms with van der Waals surface area (Å²) in [7, 11) is -7.77. The Morgan fingerprint density at radius 3 is 2.11 bits per heavy atom. The summed E-state index contributed by atoms with van der Waals surface area (Å²) in [6, 6.07) is 5.19. The van der Waals surface area contributed by atoms with Crippen LogP contribution < -0.4 is 0 Å². The number of benzene rings is 1. The first-order valence-corrected chi connectivity index (χ1v) is 9.09. The molecule has 0 aromatic heterocycles. The minimum absolute atomic E-state index is 0.0613. The molecular weight excluding hydrogens is 291 g/mol. The molecule has 6 nitrogen and oxygen atoms in total. The number of para-hydroxylation sites is 1. The Morgan fingerprint density at radius 1 is 1.11 bits per heavy atom. The highest BCUT2D eigenvalue weighted by atomic mass is 32.2. The highest BCUT2D eigenvalue weighted by molar-refractivity contribution is 7.97. The molecule has 0 saturated carbocycles. The topological polar surface area (TPSA) is 89.6 Å². The molecule has 19 heavy (non-hydrogen) atoms. The van der Waals surface area contributed by atoms with E-state index in [9.17, 15) is 18.1 Å². The van der Waals surface area contributed by atoms with Crippen molar-refractivity contribution in [2.45, 2.75) is 18.7 Å². The molecule has 0 spiro atoms. The maximum absolute atomic E-state index is 12.2. The van der Waals surface area contributed by atoms with Crippen LogP contribution in [0.15, 0.2) is 29.2 Å². The summed E-state index contributed by atoms with van der Waals surface area (Å²) < 4.78 is 46.2. The summed E-state index contributed by atoms with van der Waals surface area (Å²) in [5.74, 6) is -0.637. The molecule has 1 radical (unpaired) electrons. The summed E-state index contributed by atoms with van der Waals surface area (Å²) in [5, 5.41) is 11.5. The van der Waals surface area contributed by atoms with Crippen LogP contribution in [0.1, 0.15) is 13.8 Å². The van der Waals surface area contributed by atoms with Gasteiger partial charge in [-0.2, -0.15) is 0 Å². The summed E-state index contributed by atoms with van der Waals surface area (Å²) >= 11 is 0. The van der Waals surface area contributed by atoms with Gasteiger partial charge in [0, 0.05) is 0 Å². The zero-order valence-electron chi connectivity index (χ0n) is 10.7. The standard InChI is InChI=1S/C11H16O6PS/c1-3-16-18(13,17-4-2)9-19(14,15)11-8-6-5-7-10(11)12/h5-8H,3-4,9H2,1-2H3. The average Bonchev–Trinajstić information content (AvgIpc) is 2.28. The van der Waals surface area contributed by atoms with Gasteiger partial charge in [-0.05, 0) is 26.0 Å². The predicted molar refractivity (Wildman–Crippen MR) is 69.5 cm³/mol.